The van der Waals surface area contributed by atoms with Gasteiger partial charge in [0.05, 0.1) is 17.9 Å². The molecule has 180 valence electrons. The van der Waals surface area contributed by atoms with E-state index in [0.29, 0.717) is 29.8 Å². The van der Waals surface area contributed by atoms with E-state index < -0.39 is 12.8 Å². The topological polar surface area (TPSA) is 102 Å². The highest BCUT2D eigenvalue weighted by Crippen LogP contribution is 2.27. The fourth-order valence-corrected chi connectivity index (χ4v) is 2.72. The Labute approximate surface area is 189 Å². The summed E-state index contributed by atoms with van der Waals surface area (Å²) in [5.74, 6) is -0.837. The first-order valence-electron chi connectivity index (χ1n) is 10.4. The smallest absolute Gasteiger partial charge is 0.422 e. The van der Waals surface area contributed by atoms with E-state index in [1.54, 1.807) is 39.1 Å². The van der Waals surface area contributed by atoms with Gasteiger partial charge in [-0.15, -0.1) is 0 Å². The summed E-state index contributed by atoms with van der Waals surface area (Å²) in [6.07, 6.45) is -1.26. The quantitative estimate of drug-likeness (QED) is 0.526. The van der Waals surface area contributed by atoms with Crippen LogP contribution in [0, 0.1) is 5.92 Å². The van der Waals surface area contributed by atoms with Crippen LogP contribution >= 0.6 is 0 Å². The monoisotopic (exact) mass is 468 g/mol. The maximum absolute atomic E-state index is 12.7. The van der Waals surface area contributed by atoms with Crippen LogP contribution in [0.3, 0.4) is 0 Å². The molecule has 0 fully saturated rings. The summed E-state index contributed by atoms with van der Waals surface area (Å²) in [5, 5.41) is 5.52. The number of amides is 2. The molecule has 0 saturated heterocycles. The number of aromatic nitrogens is 2. The van der Waals surface area contributed by atoms with Crippen molar-refractivity contribution < 1.29 is 32.2 Å². The van der Waals surface area contributed by atoms with Crippen molar-refractivity contribution >= 4 is 11.8 Å². The number of pyridine rings is 2. The lowest BCUT2D eigenvalue weighted by Gasteiger charge is -2.14. The number of halogens is 3. The summed E-state index contributed by atoms with van der Waals surface area (Å²) in [4.78, 5) is 32.5. The van der Waals surface area contributed by atoms with Crippen molar-refractivity contribution in [3.05, 3.63) is 47.4 Å². The van der Waals surface area contributed by atoms with Gasteiger partial charge in [-0.2, -0.15) is 13.2 Å². The lowest BCUT2D eigenvalue weighted by molar-refractivity contribution is -0.154. The van der Waals surface area contributed by atoms with Crippen LogP contribution in [0.15, 0.2) is 30.6 Å². The van der Waals surface area contributed by atoms with E-state index in [4.69, 9.17) is 9.47 Å². The normalized spacial score (nSPS) is 11.2. The number of rotatable bonds is 11. The number of nitrogens with one attached hydrogen (secondary N) is 2. The molecule has 0 bridgehead atoms. The summed E-state index contributed by atoms with van der Waals surface area (Å²) in [6.45, 7) is 4.37. The zero-order chi connectivity index (χ0) is 24.4. The van der Waals surface area contributed by atoms with Crippen molar-refractivity contribution in [2.45, 2.75) is 39.9 Å². The van der Waals surface area contributed by atoms with Crippen molar-refractivity contribution in [1.82, 2.24) is 20.6 Å². The van der Waals surface area contributed by atoms with E-state index in [2.05, 4.69) is 20.6 Å². The Kier molecular flexibility index (Phi) is 9.43. The van der Waals surface area contributed by atoms with E-state index in [9.17, 15) is 22.8 Å². The second-order valence-electron chi connectivity index (χ2n) is 7.36. The third-order valence-electron chi connectivity index (χ3n) is 4.32. The van der Waals surface area contributed by atoms with Gasteiger partial charge in [0.15, 0.2) is 12.4 Å². The SMILES string of the molecule is CCOc1cc(CNC(=O)c2cccnc2CCNC(=O)C(C)C)cnc1OCC(F)(F)F. The number of hydrogen-bond acceptors (Lipinski definition) is 6. The predicted molar refractivity (Wildman–Crippen MR) is 114 cm³/mol. The van der Waals surface area contributed by atoms with E-state index in [1.165, 1.54) is 12.3 Å². The van der Waals surface area contributed by atoms with Crippen LogP contribution in [-0.2, 0) is 17.8 Å². The van der Waals surface area contributed by atoms with Gasteiger partial charge < -0.3 is 20.1 Å². The largest absolute Gasteiger partial charge is 0.488 e. The fraction of sp³-hybridized carbons (Fsp3) is 0.455. The van der Waals surface area contributed by atoms with Crippen LogP contribution in [-0.4, -0.2) is 47.7 Å². The summed E-state index contributed by atoms with van der Waals surface area (Å²) in [7, 11) is 0. The number of ether oxygens (including phenoxy) is 2. The lowest BCUT2D eigenvalue weighted by Crippen LogP contribution is -2.30. The standard InChI is InChI=1S/C22H27F3N4O4/c1-4-32-18-10-15(12-29-21(18)33-13-22(23,24)25)11-28-20(31)16-6-5-8-26-17(16)7-9-27-19(30)14(2)3/h5-6,8,10,12,14H,4,7,9,11,13H2,1-3H3,(H,27,30)(H,28,31). The summed E-state index contributed by atoms with van der Waals surface area (Å²) < 4.78 is 47.3. The maximum Gasteiger partial charge on any atom is 0.422 e. The molecule has 11 heteroatoms. The molecule has 0 atom stereocenters. The van der Waals surface area contributed by atoms with Crippen LogP contribution in [0.2, 0.25) is 0 Å². The van der Waals surface area contributed by atoms with Gasteiger partial charge in [0.25, 0.3) is 11.8 Å². The van der Waals surface area contributed by atoms with Gasteiger partial charge in [-0.25, -0.2) is 4.98 Å². The molecule has 2 heterocycles. The zero-order valence-corrected chi connectivity index (χ0v) is 18.7. The second kappa shape index (κ2) is 12.0. The maximum atomic E-state index is 12.7. The Morgan fingerprint density at radius 1 is 1.15 bits per heavy atom. The van der Waals surface area contributed by atoms with Gasteiger partial charge in [-0.3, -0.25) is 14.6 Å². The summed E-state index contributed by atoms with van der Waals surface area (Å²) in [6, 6.07) is 4.72. The number of alkyl halides is 3. The molecule has 0 aromatic carbocycles. The van der Waals surface area contributed by atoms with E-state index in [0.717, 1.165) is 0 Å². The molecular formula is C22H27F3N4O4. The molecule has 0 aliphatic rings. The number of hydrogen-bond donors (Lipinski definition) is 2. The highest BCUT2D eigenvalue weighted by atomic mass is 19.4. The molecule has 2 aromatic heterocycles. The van der Waals surface area contributed by atoms with Crippen molar-refractivity contribution in [2.24, 2.45) is 5.92 Å². The average Bonchev–Trinajstić information content (AvgIpc) is 2.76. The van der Waals surface area contributed by atoms with Crippen LogP contribution < -0.4 is 20.1 Å². The average molecular weight is 468 g/mol. The number of carbonyl (C=O) groups excluding carboxylic acids is 2. The molecule has 33 heavy (non-hydrogen) atoms. The molecule has 0 aliphatic heterocycles. The van der Waals surface area contributed by atoms with Crippen LogP contribution in [0.25, 0.3) is 0 Å². The highest BCUT2D eigenvalue weighted by Gasteiger charge is 2.29. The first-order valence-corrected chi connectivity index (χ1v) is 10.4. The molecule has 2 amide bonds. The molecular weight excluding hydrogens is 441 g/mol. The van der Waals surface area contributed by atoms with E-state index in [-0.39, 0.29) is 42.5 Å². The minimum absolute atomic E-state index is 0.0523. The zero-order valence-electron chi connectivity index (χ0n) is 18.7. The number of nitrogens with zero attached hydrogens (tertiary/aromatic N) is 2. The third-order valence-corrected chi connectivity index (χ3v) is 4.32. The Balaban J connectivity index is 2.02. The molecule has 0 unspecified atom stereocenters. The Hall–Kier alpha value is -3.37. The van der Waals surface area contributed by atoms with Crippen LogP contribution in [0.4, 0.5) is 13.2 Å². The lowest BCUT2D eigenvalue weighted by atomic mass is 10.1. The van der Waals surface area contributed by atoms with Gasteiger partial charge in [0.1, 0.15) is 0 Å². The van der Waals surface area contributed by atoms with Crippen LogP contribution in [0.1, 0.15) is 42.4 Å². The first kappa shape index (κ1) is 25.9. The number of carbonyl (C=O) groups is 2. The highest BCUT2D eigenvalue weighted by molar-refractivity contribution is 5.95. The van der Waals surface area contributed by atoms with E-state index >= 15 is 0 Å². The summed E-state index contributed by atoms with van der Waals surface area (Å²) in [5.41, 5.74) is 1.41. The van der Waals surface area contributed by atoms with Crippen molar-refractivity contribution in [3.8, 4) is 11.6 Å². The van der Waals surface area contributed by atoms with Crippen LogP contribution in [0.5, 0.6) is 11.6 Å². The van der Waals surface area contributed by atoms with Gasteiger partial charge in [-0.1, -0.05) is 13.8 Å². The Morgan fingerprint density at radius 2 is 1.91 bits per heavy atom. The molecule has 0 saturated carbocycles. The molecule has 0 spiro atoms. The molecule has 0 radical (unpaired) electrons. The summed E-state index contributed by atoms with van der Waals surface area (Å²) >= 11 is 0. The molecule has 2 rings (SSSR count). The first-order chi connectivity index (χ1) is 15.6. The Bertz CT molecular complexity index is 951. The minimum Gasteiger partial charge on any atom is -0.488 e. The Morgan fingerprint density at radius 3 is 2.58 bits per heavy atom. The van der Waals surface area contributed by atoms with Gasteiger partial charge in [-0.05, 0) is 30.7 Å². The van der Waals surface area contributed by atoms with Crippen molar-refractivity contribution in [2.75, 3.05) is 19.8 Å². The van der Waals surface area contributed by atoms with Gasteiger partial charge in [0, 0.05) is 37.8 Å². The van der Waals surface area contributed by atoms with Crippen molar-refractivity contribution in [3.63, 3.8) is 0 Å². The molecule has 0 aliphatic carbocycles. The molecule has 2 aromatic rings. The van der Waals surface area contributed by atoms with Gasteiger partial charge >= 0.3 is 6.18 Å². The van der Waals surface area contributed by atoms with E-state index in [1.807, 2.05) is 0 Å². The predicted octanol–water partition coefficient (Wildman–Crippen LogP) is 3.06. The molecule has 8 nitrogen and oxygen atoms in total. The van der Waals surface area contributed by atoms with Crippen molar-refractivity contribution in [1.29, 1.82) is 0 Å². The minimum atomic E-state index is -4.50. The second-order valence-corrected chi connectivity index (χ2v) is 7.36. The fourth-order valence-electron chi connectivity index (χ4n) is 2.72. The molecule has 2 N–H and O–H groups in total. The third kappa shape index (κ3) is 8.59. The van der Waals surface area contributed by atoms with Gasteiger partial charge in [0.2, 0.25) is 5.91 Å².